The smallest absolute Gasteiger partial charge is 0.325 e. The lowest BCUT2D eigenvalue weighted by atomic mass is 9.76. The number of carbonyl (C=O) groups is 3. The fourth-order valence-electron chi connectivity index (χ4n) is 4.67. The van der Waals surface area contributed by atoms with E-state index in [1.807, 2.05) is 42.5 Å². The molecule has 1 spiro atoms. The number of fused-ring (bicyclic) bond motifs is 2. The number of nitrogens with one attached hydrogen (secondary N) is 1. The lowest BCUT2D eigenvalue weighted by Gasteiger charge is -2.33. The van der Waals surface area contributed by atoms with Gasteiger partial charge in [-0.25, -0.2) is 4.79 Å². The van der Waals surface area contributed by atoms with Crippen LogP contribution in [0.15, 0.2) is 42.5 Å². The summed E-state index contributed by atoms with van der Waals surface area (Å²) in [5.74, 6) is 0.630. The number of hydrogen-bond acceptors (Lipinski definition) is 5. The molecule has 1 saturated heterocycles. The fourth-order valence-corrected chi connectivity index (χ4v) is 4.67. The number of rotatable bonds is 7. The van der Waals surface area contributed by atoms with Crippen molar-refractivity contribution in [2.75, 3.05) is 34.4 Å². The highest BCUT2D eigenvalue weighted by Crippen LogP contribution is 2.39. The van der Waals surface area contributed by atoms with Gasteiger partial charge >= 0.3 is 6.03 Å². The molecule has 0 aromatic heterocycles. The van der Waals surface area contributed by atoms with Gasteiger partial charge in [0.2, 0.25) is 5.91 Å². The molecule has 4 rings (SSSR count). The first-order chi connectivity index (χ1) is 15.9. The first-order valence-electron chi connectivity index (χ1n) is 11.1. The highest BCUT2D eigenvalue weighted by molar-refractivity contribution is 6.09. The van der Waals surface area contributed by atoms with Gasteiger partial charge in [-0.05, 0) is 54.5 Å². The monoisotopic (exact) mass is 451 g/mol. The lowest BCUT2D eigenvalue weighted by molar-refractivity contribution is -0.138. The van der Waals surface area contributed by atoms with E-state index in [1.54, 1.807) is 21.3 Å². The average Bonchev–Trinajstić information content (AvgIpc) is 3.07. The van der Waals surface area contributed by atoms with E-state index in [4.69, 9.17) is 9.47 Å². The Morgan fingerprint density at radius 1 is 1.12 bits per heavy atom. The van der Waals surface area contributed by atoms with E-state index in [-0.39, 0.29) is 18.4 Å². The minimum Gasteiger partial charge on any atom is -0.493 e. The molecule has 1 heterocycles. The quantitative estimate of drug-likeness (QED) is 0.654. The van der Waals surface area contributed by atoms with Crippen molar-refractivity contribution in [1.29, 1.82) is 0 Å². The van der Waals surface area contributed by atoms with Crippen molar-refractivity contribution in [3.05, 3.63) is 59.2 Å². The van der Waals surface area contributed by atoms with Gasteiger partial charge in [-0.15, -0.1) is 0 Å². The van der Waals surface area contributed by atoms with Crippen LogP contribution in [0.2, 0.25) is 0 Å². The van der Waals surface area contributed by atoms with Crippen LogP contribution >= 0.6 is 0 Å². The number of methoxy groups -OCH3 is 2. The second-order valence-corrected chi connectivity index (χ2v) is 8.49. The van der Waals surface area contributed by atoms with E-state index in [9.17, 15) is 14.4 Å². The van der Waals surface area contributed by atoms with E-state index in [0.29, 0.717) is 30.9 Å². The predicted molar refractivity (Wildman–Crippen MR) is 122 cm³/mol. The van der Waals surface area contributed by atoms with E-state index < -0.39 is 11.6 Å². The van der Waals surface area contributed by atoms with E-state index in [0.717, 1.165) is 34.4 Å². The summed E-state index contributed by atoms with van der Waals surface area (Å²) >= 11 is 0. The summed E-state index contributed by atoms with van der Waals surface area (Å²) < 4.78 is 10.6. The molecule has 1 fully saturated rings. The van der Waals surface area contributed by atoms with Crippen LogP contribution in [0.5, 0.6) is 11.5 Å². The number of amides is 4. The highest BCUT2D eigenvalue weighted by atomic mass is 16.5. The number of aryl methyl sites for hydroxylation is 1. The zero-order valence-corrected chi connectivity index (χ0v) is 19.2. The van der Waals surface area contributed by atoms with Gasteiger partial charge in [0.25, 0.3) is 5.91 Å². The normalized spacial score (nSPS) is 19.3. The molecular formula is C25H29N3O5. The molecule has 1 aliphatic heterocycles. The van der Waals surface area contributed by atoms with Crippen LogP contribution in [0, 0.1) is 0 Å². The Bertz CT molecular complexity index is 1090. The maximum Gasteiger partial charge on any atom is 0.325 e. The van der Waals surface area contributed by atoms with Crippen molar-refractivity contribution in [3.8, 4) is 11.5 Å². The minimum atomic E-state index is -1.07. The molecule has 0 bridgehead atoms. The zero-order valence-electron chi connectivity index (χ0n) is 19.2. The summed E-state index contributed by atoms with van der Waals surface area (Å²) in [4.78, 5) is 41.6. The third-order valence-corrected chi connectivity index (χ3v) is 6.55. The lowest BCUT2D eigenvalue weighted by Crippen LogP contribution is -2.47. The summed E-state index contributed by atoms with van der Waals surface area (Å²) in [5.41, 5.74) is 1.83. The number of ether oxygens (including phenoxy) is 2. The van der Waals surface area contributed by atoms with Crippen LogP contribution in [0.25, 0.3) is 0 Å². The van der Waals surface area contributed by atoms with Gasteiger partial charge in [0.05, 0.1) is 14.2 Å². The van der Waals surface area contributed by atoms with Gasteiger partial charge in [-0.3, -0.25) is 14.5 Å². The van der Waals surface area contributed by atoms with Crippen LogP contribution in [0.3, 0.4) is 0 Å². The fraction of sp³-hybridized carbons (Fsp3) is 0.400. The minimum absolute atomic E-state index is 0.281. The zero-order chi connectivity index (χ0) is 23.6. The molecule has 2 aliphatic rings. The maximum absolute atomic E-state index is 13.4. The Balaban J connectivity index is 1.42. The summed E-state index contributed by atoms with van der Waals surface area (Å²) in [6.45, 7) is 0.156. The van der Waals surface area contributed by atoms with Gasteiger partial charge in [-0.1, -0.05) is 30.3 Å². The number of benzene rings is 2. The third kappa shape index (κ3) is 4.13. The molecule has 8 nitrogen and oxygen atoms in total. The van der Waals surface area contributed by atoms with Crippen LogP contribution < -0.4 is 14.8 Å². The highest BCUT2D eigenvalue weighted by Gasteiger charge is 2.54. The van der Waals surface area contributed by atoms with Gasteiger partial charge < -0.3 is 19.7 Å². The molecule has 174 valence electrons. The molecule has 0 unspecified atom stereocenters. The Hall–Kier alpha value is -3.55. The molecule has 1 aliphatic carbocycles. The summed E-state index contributed by atoms with van der Waals surface area (Å²) in [5, 5.41) is 2.89. The van der Waals surface area contributed by atoms with Gasteiger partial charge in [0.15, 0.2) is 11.5 Å². The molecule has 2 aromatic rings. The number of imide groups is 1. The molecule has 33 heavy (non-hydrogen) atoms. The Morgan fingerprint density at radius 2 is 1.88 bits per heavy atom. The van der Waals surface area contributed by atoms with Crippen molar-refractivity contribution >= 4 is 17.8 Å². The number of urea groups is 1. The Morgan fingerprint density at radius 3 is 2.64 bits per heavy atom. The van der Waals surface area contributed by atoms with Crippen LogP contribution in [0.4, 0.5) is 4.79 Å². The van der Waals surface area contributed by atoms with Crippen molar-refractivity contribution in [2.24, 2.45) is 0 Å². The standard InChI is InChI=1S/C25H29N3O5/c1-27(14-12-17-10-11-20(32-2)21(15-17)33-3)22(29)16-28-23(30)25(26-24(28)31)13-6-8-18-7-4-5-9-19(18)25/h4-5,7,9-11,15H,6,8,12-14,16H2,1-3H3,(H,26,31)/t25-/m1/s1. The van der Waals surface area contributed by atoms with Crippen LogP contribution in [-0.2, 0) is 28.0 Å². The van der Waals surface area contributed by atoms with Crippen molar-refractivity contribution in [2.45, 2.75) is 31.2 Å². The topological polar surface area (TPSA) is 88.2 Å². The average molecular weight is 452 g/mol. The first kappa shape index (κ1) is 22.6. The molecule has 0 radical (unpaired) electrons. The number of likely N-dealkylation sites (N-methyl/N-ethyl adjacent to an activating group) is 1. The van der Waals surface area contributed by atoms with Gasteiger partial charge in [-0.2, -0.15) is 0 Å². The molecule has 2 aromatic carbocycles. The second-order valence-electron chi connectivity index (χ2n) is 8.49. The Labute approximate surface area is 193 Å². The van der Waals surface area contributed by atoms with Gasteiger partial charge in [0, 0.05) is 13.6 Å². The summed E-state index contributed by atoms with van der Waals surface area (Å²) in [6.07, 6.45) is 2.81. The molecular weight excluding hydrogens is 422 g/mol. The molecule has 0 saturated carbocycles. The molecule has 8 heteroatoms. The number of hydrogen-bond donors (Lipinski definition) is 1. The number of carbonyl (C=O) groups excluding carboxylic acids is 3. The molecule has 1 N–H and O–H groups in total. The predicted octanol–water partition coefficient (Wildman–Crippen LogP) is 2.49. The van der Waals surface area contributed by atoms with Crippen LogP contribution in [-0.4, -0.2) is 62.0 Å². The van der Waals surface area contributed by atoms with Gasteiger partial charge in [0.1, 0.15) is 12.1 Å². The van der Waals surface area contributed by atoms with Crippen LogP contribution in [0.1, 0.15) is 29.5 Å². The van der Waals surface area contributed by atoms with Crippen molar-refractivity contribution in [3.63, 3.8) is 0 Å². The third-order valence-electron chi connectivity index (χ3n) is 6.55. The summed E-state index contributed by atoms with van der Waals surface area (Å²) in [7, 11) is 4.83. The largest absolute Gasteiger partial charge is 0.493 e. The number of nitrogens with zero attached hydrogens (tertiary/aromatic N) is 2. The maximum atomic E-state index is 13.4. The van der Waals surface area contributed by atoms with E-state index in [2.05, 4.69) is 5.32 Å². The van der Waals surface area contributed by atoms with E-state index in [1.165, 1.54) is 4.90 Å². The van der Waals surface area contributed by atoms with E-state index >= 15 is 0 Å². The van der Waals surface area contributed by atoms with Crippen molar-refractivity contribution < 1.29 is 23.9 Å². The second kappa shape index (κ2) is 9.13. The Kier molecular flexibility index (Phi) is 6.26. The molecule has 1 atom stereocenters. The first-order valence-corrected chi connectivity index (χ1v) is 11.1. The van der Waals surface area contributed by atoms with Crippen molar-refractivity contribution in [1.82, 2.24) is 15.1 Å². The molecule has 4 amide bonds. The summed E-state index contributed by atoms with van der Waals surface area (Å²) in [6, 6.07) is 12.8. The SMILES string of the molecule is COc1ccc(CCN(C)C(=O)CN2C(=O)N[C@@]3(CCCc4ccccc43)C2=O)cc1OC.